The molecule has 0 unspecified atom stereocenters. The molecule has 0 radical (unpaired) electrons. The number of aromatic nitrogens is 1. The van der Waals surface area contributed by atoms with Gasteiger partial charge in [0.1, 0.15) is 5.41 Å². The van der Waals surface area contributed by atoms with Crippen molar-refractivity contribution in [2.45, 2.75) is 25.7 Å². The van der Waals surface area contributed by atoms with Crippen molar-refractivity contribution in [3.63, 3.8) is 0 Å². The Morgan fingerprint density at radius 3 is 2.94 bits per heavy atom. The third-order valence-electron chi connectivity index (χ3n) is 3.39. The largest absolute Gasteiger partial charge is 0.409 e. The zero-order valence-electron chi connectivity index (χ0n) is 9.93. The summed E-state index contributed by atoms with van der Waals surface area (Å²) in [6.45, 7) is 0.517. The first-order chi connectivity index (χ1) is 8.69. The molecule has 4 N–H and O–H groups in total. The van der Waals surface area contributed by atoms with Crippen molar-refractivity contribution in [3.05, 3.63) is 16.6 Å². The number of carbonyl (C=O) groups is 1. The van der Waals surface area contributed by atoms with Crippen LogP contribution in [0.5, 0.6) is 0 Å². The molecule has 1 aromatic heterocycles. The molecular formula is C11H16N4O2S. The lowest BCUT2D eigenvalue weighted by Gasteiger charge is -2.38. The van der Waals surface area contributed by atoms with Crippen molar-refractivity contribution in [1.29, 1.82) is 0 Å². The molecule has 1 aromatic rings. The monoisotopic (exact) mass is 268 g/mol. The van der Waals surface area contributed by atoms with E-state index in [4.69, 9.17) is 10.9 Å². The van der Waals surface area contributed by atoms with E-state index >= 15 is 0 Å². The molecule has 1 aliphatic rings. The maximum atomic E-state index is 12.1. The fraction of sp³-hybridized carbons (Fsp3) is 0.545. The topological polar surface area (TPSA) is 101 Å². The Balaban J connectivity index is 1.87. The Hall–Kier alpha value is -1.63. The molecule has 1 fully saturated rings. The van der Waals surface area contributed by atoms with Crippen LogP contribution >= 0.6 is 11.3 Å². The molecule has 7 heteroatoms. The highest BCUT2D eigenvalue weighted by atomic mass is 32.1. The third-order valence-corrected chi connectivity index (χ3v) is 4.03. The Morgan fingerprint density at radius 2 is 2.44 bits per heavy atom. The number of hydrogen-bond donors (Lipinski definition) is 3. The predicted octanol–water partition coefficient (Wildman–Crippen LogP) is 0.718. The number of amidine groups is 1. The number of oxime groups is 1. The maximum Gasteiger partial charge on any atom is 0.233 e. The Kier molecular flexibility index (Phi) is 3.81. The molecule has 1 amide bonds. The standard InChI is InChI=1S/C11H16N4O2S/c12-9(15-17)11(3-1-4-11)10(16)13-5-2-8-6-18-7-14-8/h6-7,17H,1-5H2,(H2,12,15)(H,13,16). The van der Waals surface area contributed by atoms with E-state index in [2.05, 4.69) is 15.5 Å². The van der Waals surface area contributed by atoms with E-state index in [1.165, 1.54) is 11.3 Å². The SMILES string of the molecule is NC(=NO)C1(C(=O)NCCc2cscn2)CCC1. The van der Waals surface area contributed by atoms with Crippen molar-refractivity contribution in [2.75, 3.05) is 6.54 Å². The number of hydrogen-bond acceptors (Lipinski definition) is 5. The van der Waals surface area contributed by atoms with Gasteiger partial charge in [0, 0.05) is 18.3 Å². The maximum absolute atomic E-state index is 12.1. The Morgan fingerprint density at radius 1 is 1.67 bits per heavy atom. The molecule has 0 aromatic carbocycles. The molecule has 6 nitrogen and oxygen atoms in total. The van der Waals surface area contributed by atoms with Crippen molar-refractivity contribution >= 4 is 23.1 Å². The van der Waals surface area contributed by atoms with Crippen LogP contribution in [0.1, 0.15) is 25.0 Å². The Labute approximate surface area is 109 Å². The zero-order chi connectivity index (χ0) is 13.0. The molecule has 0 bridgehead atoms. The van der Waals surface area contributed by atoms with Crippen molar-refractivity contribution in [3.8, 4) is 0 Å². The first-order valence-corrected chi connectivity index (χ1v) is 6.77. The van der Waals surface area contributed by atoms with Crippen LogP contribution in [0, 0.1) is 5.41 Å². The molecule has 2 rings (SSSR count). The van der Waals surface area contributed by atoms with Crippen LogP contribution in [0.3, 0.4) is 0 Å². The van der Waals surface area contributed by atoms with Crippen LogP contribution < -0.4 is 11.1 Å². The molecular weight excluding hydrogens is 252 g/mol. The van der Waals surface area contributed by atoms with Gasteiger partial charge in [-0.1, -0.05) is 11.6 Å². The summed E-state index contributed by atoms with van der Waals surface area (Å²) in [6, 6.07) is 0. The highest BCUT2D eigenvalue weighted by Gasteiger charge is 2.48. The van der Waals surface area contributed by atoms with E-state index in [1.54, 1.807) is 5.51 Å². The van der Waals surface area contributed by atoms with Gasteiger partial charge in [0.15, 0.2) is 5.84 Å². The van der Waals surface area contributed by atoms with Gasteiger partial charge in [-0.05, 0) is 12.8 Å². The first-order valence-electron chi connectivity index (χ1n) is 5.82. The molecule has 0 saturated heterocycles. The summed E-state index contributed by atoms with van der Waals surface area (Å²) in [5.74, 6) is -0.140. The minimum absolute atomic E-state index is 0.0138. The van der Waals surface area contributed by atoms with Gasteiger partial charge in [-0.15, -0.1) is 11.3 Å². The molecule has 98 valence electrons. The summed E-state index contributed by atoms with van der Waals surface area (Å²) in [6.07, 6.45) is 2.91. The van der Waals surface area contributed by atoms with Gasteiger partial charge in [-0.3, -0.25) is 4.79 Å². The van der Waals surface area contributed by atoms with Gasteiger partial charge < -0.3 is 16.3 Å². The molecule has 0 aliphatic heterocycles. The number of nitrogens with zero attached hydrogens (tertiary/aromatic N) is 2. The van der Waals surface area contributed by atoms with Gasteiger partial charge >= 0.3 is 0 Å². The van der Waals surface area contributed by atoms with Crippen LogP contribution in [0.15, 0.2) is 16.0 Å². The fourth-order valence-corrected chi connectivity index (χ4v) is 2.65. The van der Waals surface area contributed by atoms with E-state index in [1.807, 2.05) is 5.38 Å². The third kappa shape index (κ3) is 2.31. The first kappa shape index (κ1) is 12.8. The molecule has 1 aliphatic carbocycles. The van der Waals surface area contributed by atoms with E-state index < -0.39 is 5.41 Å². The molecule has 0 atom stereocenters. The lowest BCUT2D eigenvalue weighted by atomic mass is 9.67. The zero-order valence-corrected chi connectivity index (χ0v) is 10.7. The van der Waals surface area contributed by atoms with Crippen LogP contribution in [-0.4, -0.2) is 28.5 Å². The van der Waals surface area contributed by atoms with Gasteiger partial charge in [0.05, 0.1) is 11.2 Å². The summed E-state index contributed by atoms with van der Waals surface area (Å²) >= 11 is 1.53. The second kappa shape index (κ2) is 5.34. The lowest BCUT2D eigenvalue weighted by molar-refractivity contribution is -0.131. The molecule has 18 heavy (non-hydrogen) atoms. The number of thiazole rings is 1. The van der Waals surface area contributed by atoms with Gasteiger partial charge in [-0.2, -0.15) is 0 Å². The minimum atomic E-state index is -0.795. The Bertz CT molecular complexity index is 440. The van der Waals surface area contributed by atoms with Crippen LogP contribution in [0.4, 0.5) is 0 Å². The number of carbonyl (C=O) groups excluding carboxylic acids is 1. The molecule has 1 heterocycles. The van der Waals surface area contributed by atoms with Crippen molar-refractivity contribution < 1.29 is 10.0 Å². The normalized spacial score (nSPS) is 18.1. The van der Waals surface area contributed by atoms with Crippen LogP contribution in [-0.2, 0) is 11.2 Å². The predicted molar refractivity (Wildman–Crippen MR) is 68.5 cm³/mol. The average Bonchev–Trinajstić information content (AvgIpc) is 2.80. The minimum Gasteiger partial charge on any atom is -0.409 e. The fourth-order valence-electron chi connectivity index (χ4n) is 2.06. The summed E-state index contributed by atoms with van der Waals surface area (Å²) in [7, 11) is 0. The number of amides is 1. The number of rotatable bonds is 5. The molecule has 0 spiro atoms. The van der Waals surface area contributed by atoms with Gasteiger partial charge in [0.2, 0.25) is 5.91 Å². The van der Waals surface area contributed by atoms with E-state index in [9.17, 15) is 4.79 Å². The lowest BCUT2D eigenvalue weighted by Crippen LogP contribution is -2.54. The van der Waals surface area contributed by atoms with Crippen LogP contribution in [0.2, 0.25) is 0 Å². The average molecular weight is 268 g/mol. The second-order valence-corrected chi connectivity index (χ2v) is 5.13. The smallest absolute Gasteiger partial charge is 0.233 e. The number of nitrogens with one attached hydrogen (secondary N) is 1. The van der Waals surface area contributed by atoms with E-state index in [0.29, 0.717) is 25.8 Å². The second-order valence-electron chi connectivity index (χ2n) is 4.41. The summed E-state index contributed by atoms with van der Waals surface area (Å²) < 4.78 is 0. The van der Waals surface area contributed by atoms with Crippen molar-refractivity contribution in [1.82, 2.24) is 10.3 Å². The summed E-state index contributed by atoms with van der Waals surface area (Å²) in [5.41, 5.74) is 7.54. The highest BCUT2D eigenvalue weighted by molar-refractivity contribution is 7.07. The van der Waals surface area contributed by atoms with Crippen molar-refractivity contribution in [2.24, 2.45) is 16.3 Å². The summed E-state index contributed by atoms with van der Waals surface area (Å²) in [5, 5.41) is 16.5. The summed E-state index contributed by atoms with van der Waals surface area (Å²) in [4.78, 5) is 16.2. The van der Waals surface area contributed by atoms with Gasteiger partial charge in [0.25, 0.3) is 0 Å². The van der Waals surface area contributed by atoms with Gasteiger partial charge in [-0.25, -0.2) is 4.98 Å². The van der Waals surface area contributed by atoms with E-state index in [0.717, 1.165) is 12.1 Å². The quantitative estimate of drug-likeness (QED) is 0.317. The molecule has 1 saturated carbocycles. The number of nitrogens with two attached hydrogens (primary N) is 1. The van der Waals surface area contributed by atoms with Crippen LogP contribution in [0.25, 0.3) is 0 Å². The highest BCUT2D eigenvalue weighted by Crippen LogP contribution is 2.41. The van der Waals surface area contributed by atoms with E-state index in [-0.39, 0.29) is 11.7 Å².